The van der Waals surface area contributed by atoms with Gasteiger partial charge in [0.05, 0.1) is 18.8 Å². The molecule has 16 heteroatoms. The fraction of sp³-hybridized carbons (Fsp3) is 0.405. The third-order valence-corrected chi connectivity index (χ3v) is 10.3. The maximum atomic E-state index is 14.3. The van der Waals surface area contributed by atoms with Crippen LogP contribution in [0.15, 0.2) is 85.1 Å². The molecule has 0 spiro atoms. The first-order valence-corrected chi connectivity index (χ1v) is 19.5. The van der Waals surface area contributed by atoms with E-state index in [1.165, 1.54) is 4.90 Å². The Kier molecular flexibility index (Phi) is 14.1. The van der Waals surface area contributed by atoms with E-state index < -0.39 is 53.9 Å². The van der Waals surface area contributed by atoms with Crippen LogP contribution in [-0.2, 0) is 56.4 Å². The molecule has 5 atom stereocenters. The molecule has 5 aliphatic rings. The van der Waals surface area contributed by atoms with Crippen LogP contribution in [0.5, 0.6) is 11.5 Å². The number of nitrogens with one attached hydrogen (secondary N) is 4. The summed E-state index contributed by atoms with van der Waals surface area (Å²) >= 11 is 0. The van der Waals surface area contributed by atoms with Crippen molar-refractivity contribution in [2.24, 2.45) is 0 Å². The minimum absolute atomic E-state index is 0.0154. The van der Waals surface area contributed by atoms with Crippen molar-refractivity contribution in [3.8, 4) is 11.5 Å². The molecule has 16 nitrogen and oxygen atoms in total. The second-order valence-electron chi connectivity index (χ2n) is 14.6. The van der Waals surface area contributed by atoms with Gasteiger partial charge in [-0.15, -0.1) is 5.10 Å². The van der Waals surface area contributed by atoms with Crippen molar-refractivity contribution in [1.29, 1.82) is 0 Å². The lowest BCUT2D eigenvalue weighted by Gasteiger charge is -2.30. The van der Waals surface area contributed by atoms with Gasteiger partial charge >= 0.3 is 5.97 Å². The Hall–Kier alpha value is -6.29. The van der Waals surface area contributed by atoms with E-state index in [1.54, 1.807) is 61.2 Å². The van der Waals surface area contributed by atoms with Crippen LogP contribution in [0.1, 0.15) is 48.6 Å². The second kappa shape index (κ2) is 19.7. The first kappa shape index (κ1) is 41.3. The van der Waals surface area contributed by atoms with Crippen LogP contribution in [0, 0.1) is 0 Å². The number of carbonyl (C=O) groups excluding carboxylic acids is 4. The van der Waals surface area contributed by atoms with Gasteiger partial charge in [-0.05, 0) is 67.8 Å². The van der Waals surface area contributed by atoms with Gasteiger partial charge in [0.25, 0.3) is 0 Å². The highest BCUT2D eigenvalue weighted by Gasteiger charge is 2.39. The number of nitrogens with zero attached hydrogens (tertiary/aromatic N) is 4. The Labute approximate surface area is 336 Å². The number of carboxylic acid groups (broad SMARTS) is 1. The number of amides is 4. The van der Waals surface area contributed by atoms with Crippen LogP contribution < -0.4 is 30.7 Å². The van der Waals surface area contributed by atoms with Crippen molar-refractivity contribution < 1.29 is 38.6 Å². The Morgan fingerprint density at radius 2 is 1.57 bits per heavy atom. The number of aliphatic carboxylic acids is 1. The van der Waals surface area contributed by atoms with E-state index in [2.05, 4.69) is 31.6 Å². The van der Waals surface area contributed by atoms with Gasteiger partial charge in [0.2, 0.25) is 23.6 Å². The van der Waals surface area contributed by atoms with Crippen molar-refractivity contribution in [3.63, 3.8) is 0 Å². The molecule has 9 rings (SSSR count). The van der Waals surface area contributed by atoms with Gasteiger partial charge < -0.3 is 40.7 Å². The Bertz CT molecular complexity index is 2020. The predicted molar refractivity (Wildman–Crippen MR) is 212 cm³/mol. The minimum atomic E-state index is -1.30. The van der Waals surface area contributed by atoms with Crippen molar-refractivity contribution in [3.05, 3.63) is 107 Å². The molecule has 1 aromatic heterocycles. The van der Waals surface area contributed by atoms with Crippen molar-refractivity contribution in [1.82, 2.24) is 41.2 Å². The molecule has 306 valence electrons. The first-order chi connectivity index (χ1) is 28.1. The smallest absolute Gasteiger partial charge is 0.326 e. The summed E-state index contributed by atoms with van der Waals surface area (Å²) in [6, 6.07) is 18.3. The summed E-state index contributed by atoms with van der Waals surface area (Å²) in [7, 11) is 1.64. The third kappa shape index (κ3) is 11.2. The maximum absolute atomic E-state index is 14.3. The fourth-order valence-corrected chi connectivity index (χ4v) is 6.93. The molecule has 58 heavy (non-hydrogen) atoms. The molecule has 6 bridgehead atoms. The minimum Gasteiger partial charge on any atom is -0.494 e. The number of carboxylic acids is 1. The van der Waals surface area contributed by atoms with Gasteiger partial charge in [-0.1, -0.05) is 59.8 Å². The molecule has 1 saturated heterocycles. The lowest BCUT2D eigenvalue weighted by atomic mass is 10.0. The van der Waals surface area contributed by atoms with E-state index in [1.807, 2.05) is 42.5 Å². The summed E-state index contributed by atoms with van der Waals surface area (Å²) < 4.78 is 13.6. The van der Waals surface area contributed by atoms with E-state index in [0.717, 1.165) is 11.1 Å². The molecule has 0 radical (unpaired) electrons. The number of benzene rings is 3. The number of hydrogen-bond donors (Lipinski definition) is 5. The SMILES string of the molecule is CN[C@@H](C)C(=O)N[C@@H]1Cc2ccc(cc2)OCc2cn(nn2)CCCOc2ccc(cc2)C[C@@H](C(=O)O)NC(=O)[C@@H](Cc2ccccc2)NC(=O)[C@@H]2CCCN2C1=O. The van der Waals surface area contributed by atoms with E-state index in [0.29, 0.717) is 55.2 Å². The van der Waals surface area contributed by atoms with E-state index in [9.17, 15) is 29.1 Å². The highest BCUT2D eigenvalue weighted by Crippen LogP contribution is 2.22. The van der Waals surface area contributed by atoms with E-state index >= 15 is 0 Å². The normalized spacial score (nSPS) is 21.6. The summed E-state index contributed by atoms with van der Waals surface area (Å²) in [6.07, 6.45) is 3.52. The highest BCUT2D eigenvalue weighted by atomic mass is 16.5. The van der Waals surface area contributed by atoms with Crippen LogP contribution in [0.4, 0.5) is 0 Å². The number of aromatic nitrogens is 3. The molecule has 0 unspecified atom stereocenters. The van der Waals surface area contributed by atoms with Crippen LogP contribution in [0.2, 0.25) is 0 Å². The number of carbonyl (C=O) groups is 5. The monoisotopic (exact) mass is 794 g/mol. The second-order valence-corrected chi connectivity index (χ2v) is 14.6. The zero-order valence-corrected chi connectivity index (χ0v) is 32.6. The summed E-state index contributed by atoms with van der Waals surface area (Å²) in [5, 5.41) is 29.8. The predicted octanol–water partition coefficient (Wildman–Crippen LogP) is 1.81. The van der Waals surface area contributed by atoms with Gasteiger partial charge in [0, 0.05) is 38.8 Å². The van der Waals surface area contributed by atoms with E-state index in [4.69, 9.17) is 9.47 Å². The average molecular weight is 795 g/mol. The summed E-state index contributed by atoms with van der Waals surface area (Å²) in [4.78, 5) is 69.4. The summed E-state index contributed by atoms with van der Waals surface area (Å²) in [5.74, 6) is -2.10. The van der Waals surface area contributed by atoms with Gasteiger partial charge in [-0.3, -0.25) is 23.9 Å². The number of aryl methyl sites for hydroxylation is 1. The van der Waals surface area contributed by atoms with Crippen molar-refractivity contribution in [2.45, 2.75) is 88.8 Å². The molecule has 1 fully saturated rings. The zero-order chi connectivity index (χ0) is 41.0. The van der Waals surface area contributed by atoms with Crippen LogP contribution in [0.25, 0.3) is 0 Å². The number of ether oxygens (including phenoxy) is 2. The number of likely N-dealkylation sites (N-methyl/N-ethyl adjacent to an activating group) is 1. The highest BCUT2D eigenvalue weighted by molar-refractivity contribution is 5.96. The summed E-state index contributed by atoms with van der Waals surface area (Å²) in [5.41, 5.74) is 2.80. The molecule has 3 aromatic carbocycles. The molecule has 0 saturated carbocycles. The number of rotatable bonds is 6. The topological polar surface area (TPSA) is 206 Å². The molecule has 5 aliphatic heterocycles. The maximum Gasteiger partial charge on any atom is 0.326 e. The van der Waals surface area contributed by atoms with Gasteiger partial charge in [0.1, 0.15) is 48.0 Å². The zero-order valence-electron chi connectivity index (χ0n) is 32.6. The van der Waals surface area contributed by atoms with Crippen molar-refractivity contribution in [2.75, 3.05) is 20.2 Å². The largest absolute Gasteiger partial charge is 0.494 e. The van der Waals surface area contributed by atoms with Crippen LogP contribution in [0.3, 0.4) is 0 Å². The summed E-state index contributed by atoms with van der Waals surface area (Å²) in [6.45, 7) is 3.11. The molecule has 0 aliphatic carbocycles. The average Bonchev–Trinajstić information content (AvgIpc) is 3.92. The Morgan fingerprint density at radius 3 is 2.26 bits per heavy atom. The molecular formula is C42H50N8O8. The van der Waals surface area contributed by atoms with E-state index in [-0.39, 0.29) is 38.3 Å². The van der Waals surface area contributed by atoms with Crippen LogP contribution >= 0.6 is 0 Å². The standard InChI is InChI=1S/C42H50N8O8/c1-27(43-2)38(51)45-35-23-29-13-17-33(18-14-29)58-26-31-25-49(48-47-31)19-7-21-57-32-15-11-30(12-16-32)24-36(42(55)56)46-39(52)34(22-28-8-4-3-5-9-28)44-40(53)37-10-6-20-50(37)41(35)54/h3-5,8-9,11-18,25,27,34-37,43H,6-7,10,19-24,26H2,1-2H3,(H,44,53)(H,45,51)(H,46,52)(H,55,56)/t27-,34+,35+,36-,37-/m0/s1. The molecule has 5 N–H and O–H groups in total. The van der Waals surface area contributed by atoms with Gasteiger partial charge in [0.15, 0.2) is 0 Å². The molecule has 4 aromatic rings. The lowest BCUT2D eigenvalue weighted by molar-refractivity contribution is -0.143. The fourth-order valence-electron chi connectivity index (χ4n) is 6.93. The van der Waals surface area contributed by atoms with Gasteiger partial charge in [-0.2, -0.15) is 0 Å². The lowest BCUT2D eigenvalue weighted by Crippen LogP contribution is -2.58. The Balaban J connectivity index is 1.27. The molecule has 4 amide bonds. The van der Waals surface area contributed by atoms with Crippen LogP contribution in [-0.4, -0.2) is 105 Å². The third-order valence-electron chi connectivity index (χ3n) is 10.3. The molecular weight excluding hydrogens is 745 g/mol. The van der Waals surface area contributed by atoms with Gasteiger partial charge in [-0.25, -0.2) is 4.79 Å². The van der Waals surface area contributed by atoms with Crippen molar-refractivity contribution >= 4 is 29.6 Å². The Morgan fingerprint density at radius 1 is 0.879 bits per heavy atom. The molecule has 6 heterocycles. The quantitative estimate of drug-likeness (QED) is 0.190. The number of hydrogen-bond acceptors (Lipinski definition) is 10. The first-order valence-electron chi connectivity index (χ1n) is 19.5.